The van der Waals surface area contributed by atoms with Crippen LogP contribution in [0.3, 0.4) is 0 Å². The third-order valence-corrected chi connectivity index (χ3v) is 7.76. The molecule has 33 heavy (non-hydrogen) atoms. The van der Waals surface area contributed by atoms with E-state index >= 15 is 0 Å². The van der Waals surface area contributed by atoms with Crippen LogP contribution in [0.2, 0.25) is 0 Å². The zero-order valence-electron chi connectivity index (χ0n) is 19.3. The molecule has 7 heteroatoms. The Kier molecular flexibility index (Phi) is 5.29. The van der Waals surface area contributed by atoms with Crippen LogP contribution in [-0.2, 0) is 6.54 Å². The molecular weight excluding hydrogens is 412 g/mol. The summed E-state index contributed by atoms with van der Waals surface area (Å²) in [4.78, 5) is 22.2. The first-order valence-electron chi connectivity index (χ1n) is 12.4. The smallest absolute Gasteiger partial charge is 0.316 e. The van der Waals surface area contributed by atoms with E-state index in [0.29, 0.717) is 12.6 Å². The molecule has 2 aliphatic heterocycles. The van der Waals surface area contributed by atoms with Gasteiger partial charge in [0.15, 0.2) is 0 Å². The topological polar surface area (TPSA) is 77.2 Å². The number of aromatic nitrogens is 3. The molecule has 3 aliphatic rings. The molecule has 2 amide bonds. The molecule has 4 heterocycles. The number of nitrogens with zero attached hydrogens (tertiary/aromatic N) is 4. The summed E-state index contributed by atoms with van der Waals surface area (Å²) in [7, 11) is 0. The van der Waals surface area contributed by atoms with Crippen LogP contribution in [0.5, 0.6) is 0 Å². The average Bonchev–Trinajstić information content (AvgIpc) is 3.25. The highest BCUT2D eigenvalue weighted by atomic mass is 16.2. The first kappa shape index (κ1) is 20.7. The van der Waals surface area contributed by atoms with Gasteiger partial charge in [0.05, 0.1) is 5.52 Å². The Morgan fingerprint density at radius 3 is 2.73 bits per heavy atom. The fourth-order valence-corrected chi connectivity index (χ4v) is 6.02. The second-order valence-electron chi connectivity index (χ2n) is 9.95. The van der Waals surface area contributed by atoms with Crippen LogP contribution in [0, 0.1) is 6.92 Å². The number of benzene rings is 1. The van der Waals surface area contributed by atoms with Gasteiger partial charge in [0.1, 0.15) is 5.69 Å². The molecule has 0 radical (unpaired) electrons. The number of urea groups is 1. The van der Waals surface area contributed by atoms with Crippen molar-refractivity contribution >= 4 is 22.6 Å². The van der Waals surface area contributed by atoms with Gasteiger partial charge < -0.3 is 10.2 Å². The van der Waals surface area contributed by atoms with Gasteiger partial charge >= 0.3 is 6.03 Å². The van der Waals surface area contributed by atoms with Gasteiger partial charge in [-0.1, -0.05) is 19.3 Å². The number of amides is 2. The Morgan fingerprint density at radius 2 is 1.88 bits per heavy atom. The number of aryl methyl sites for hydroxylation is 1. The van der Waals surface area contributed by atoms with Crippen molar-refractivity contribution in [2.24, 2.45) is 0 Å². The van der Waals surface area contributed by atoms with Crippen LogP contribution in [0.25, 0.3) is 22.2 Å². The van der Waals surface area contributed by atoms with E-state index in [-0.39, 0.29) is 12.1 Å². The van der Waals surface area contributed by atoms with Gasteiger partial charge in [-0.05, 0) is 69.0 Å². The zero-order chi connectivity index (χ0) is 22.4. The second-order valence-corrected chi connectivity index (χ2v) is 9.95. The van der Waals surface area contributed by atoms with Crippen molar-refractivity contribution in [2.45, 2.75) is 70.5 Å². The lowest BCUT2D eigenvalue weighted by atomic mass is 9.91. The third-order valence-electron chi connectivity index (χ3n) is 7.76. The molecule has 1 saturated carbocycles. The van der Waals surface area contributed by atoms with E-state index in [1.165, 1.54) is 45.1 Å². The lowest BCUT2D eigenvalue weighted by Gasteiger charge is -2.44. The maximum atomic E-state index is 13.1. The number of likely N-dealkylation sites (tertiary alicyclic amines) is 1. The summed E-state index contributed by atoms with van der Waals surface area (Å²) in [6, 6.07) is 9.30. The molecule has 1 aliphatic carbocycles. The number of hydrogen-bond acceptors (Lipinski definition) is 4. The van der Waals surface area contributed by atoms with Gasteiger partial charge in [-0.25, -0.2) is 4.79 Å². The first-order valence-corrected chi connectivity index (χ1v) is 12.4. The normalized spacial score (nSPS) is 22.4. The van der Waals surface area contributed by atoms with Crippen LogP contribution < -0.4 is 5.32 Å². The highest BCUT2D eigenvalue weighted by Crippen LogP contribution is 2.35. The van der Waals surface area contributed by atoms with Crippen molar-refractivity contribution in [3.8, 4) is 11.3 Å². The van der Waals surface area contributed by atoms with Gasteiger partial charge in [-0.3, -0.25) is 15.0 Å². The standard InChI is InChI=1S/C26H32N6O/c1-17-12-18(9-10-27-17)25-22-13-19-15-32(26(33)28-23(19)14-24(22)29-30-25)21-8-5-11-31(16-21)20-6-3-2-4-7-20/h9-10,12-14,20-21H,2-8,11,15-16H2,1H3,(H,28,33)(H,29,30)/t21-/m1/s1. The molecule has 7 nitrogen and oxygen atoms in total. The highest BCUT2D eigenvalue weighted by molar-refractivity contribution is 6.00. The van der Waals surface area contributed by atoms with Crippen molar-refractivity contribution in [3.05, 3.63) is 41.7 Å². The minimum Gasteiger partial charge on any atom is -0.316 e. The molecule has 172 valence electrons. The quantitative estimate of drug-likeness (QED) is 0.591. The number of piperidine rings is 1. The van der Waals surface area contributed by atoms with E-state index in [4.69, 9.17) is 0 Å². The van der Waals surface area contributed by atoms with Crippen LogP contribution in [0.1, 0.15) is 56.2 Å². The van der Waals surface area contributed by atoms with Crippen molar-refractivity contribution in [1.29, 1.82) is 0 Å². The van der Waals surface area contributed by atoms with Gasteiger partial charge in [0, 0.05) is 53.7 Å². The van der Waals surface area contributed by atoms with Crippen molar-refractivity contribution in [2.75, 3.05) is 18.4 Å². The number of pyridine rings is 1. The van der Waals surface area contributed by atoms with Crippen molar-refractivity contribution in [1.82, 2.24) is 25.0 Å². The average molecular weight is 445 g/mol. The van der Waals surface area contributed by atoms with Crippen molar-refractivity contribution < 1.29 is 4.79 Å². The van der Waals surface area contributed by atoms with E-state index in [1.807, 2.05) is 25.3 Å². The molecule has 0 spiro atoms. The zero-order valence-corrected chi connectivity index (χ0v) is 19.3. The lowest BCUT2D eigenvalue weighted by Crippen LogP contribution is -2.54. The van der Waals surface area contributed by atoms with Crippen molar-refractivity contribution in [3.63, 3.8) is 0 Å². The number of fused-ring (bicyclic) bond motifs is 2. The Balaban J connectivity index is 1.27. The van der Waals surface area contributed by atoms with Gasteiger partial charge in [0.25, 0.3) is 0 Å². The van der Waals surface area contributed by atoms with Crippen LogP contribution in [-0.4, -0.2) is 56.2 Å². The van der Waals surface area contributed by atoms with Crippen LogP contribution in [0.4, 0.5) is 10.5 Å². The molecule has 1 saturated heterocycles. The molecule has 0 unspecified atom stereocenters. The number of carbonyl (C=O) groups is 1. The molecule has 2 fully saturated rings. The van der Waals surface area contributed by atoms with Gasteiger partial charge in [-0.15, -0.1) is 0 Å². The number of carbonyl (C=O) groups excluding carboxylic acids is 1. The summed E-state index contributed by atoms with van der Waals surface area (Å²) in [5.74, 6) is 0. The second kappa shape index (κ2) is 8.45. The summed E-state index contributed by atoms with van der Waals surface area (Å²) in [6.45, 7) is 4.83. The molecule has 6 rings (SSSR count). The maximum Gasteiger partial charge on any atom is 0.322 e. The fraction of sp³-hybridized carbons (Fsp3) is 0.500. The summed E-state index contributed by atoms with van der Waals surface area (Å²) in [6.07, 6.45) is 10.8. The monoisotopic (exact) mass is 444 g/mol. The Bertz CT molecular complexity index is 1180. The number of nitrogens with one attached hydrogen (secondary N) is 2. The van der Waals surface area contributed by atoms with Crippen LogP contribution >= 0.6 is 0 Å². The summed E-state index contributed by atoms with van der Waals surface area (Å²) in [5.41, 5.74) is 5.95. The maximum absolute atomic E-state index is 13.1. The molecule has 1 aromatic carbocycles. The SMILES string of the molecule is Cc1cc(-c2n[nH]c3cc4c(cc23)CN([C@@H]2CCCN(C3CCCCC3)C2)C(=O)N4)ccn1. The van der Waals surface area contributed by atoms with E-state index in [9.17, 15) is 4.79 Å². The van der Waals surface area contributed by atoms with Gasteiger partial charge in [0.2, 0.25) is 0 Å². The molecule has 2 aromatic heterocycles. The molecule has 1 atom stereocenters. The minimum absolute atomic E-state index is 0.0295. The Morgan fingerprint density at radius 1 is 1.03 bits per heavy atom. The number of hydrogen-bond donors (Lipinski definition) is 2. The summed E-state index contributed by atoms with van der Waals surface area (Å²) >= 11 is 0. The highest BCUT2D eigenvalue weighted by Gasteiger charge is 2.34. The van der Waals surface area contributed by atoms with E-state index in [1.54, 1.807) is 0 Å². The molecular formula is C26H32N6O. The predicted molar refractivity (Wildman–Crippen MR) is 130 cm³/mol. The Hall–Kier alpha value is -2.93. The fourth-order valence-electron chi connectivity index (χ4n) is 6.02. The number of aromatic amines is 1. The third kappa shape index (κ3) is 3.88. The Labute approximate surface area is 194 Å². The summed E-state index contributed by atoms with van der Waals surface area (Å²) in [5, 5.41) is 12.0. The largest absolute Gasteiger partial charge is 0.322 e. The van der Waals surface area contributed by atoms with E-state index in [2.05, 4.69) is 42.4 Å². The molecule has 3 aromatic rings. The number of H-pyrrole nitrogens is 1. The van der Waals surface area contributed by atoms with E-state index in [0.717, 1.165) is 52.1 Å². The summed E-state index contributed by atoms with van der Waals surface area (Å²) < 4.78 is 0. The number of rotatable bonds is 3. The predicted octanol–water partition coefficient (Wildman–Crippen LogP) is 5.08. The van der Waals surface area contributed by atoms with E-state index < -0.39 is 0 Å². The van der Waals surface area contributed by atoms with Crippen LogP contribution in [0.15, 0.2) is 30.5 Å². The minimum atomic E-state index is 0.0295. The number of anilines is 1. The molecule has 2 N–H and O–H groups in total. The lowest BCUT2D eigenvalue weighted by molar-refractivity contribution is 0.0702. The molecule has 0 bridgehead atoms. The van der Waals surface area contributed by atoms with Gasteiger partial charge in [-0.2, -0.15) is 5.10 Å². The first-order chi connectivity index (χ1) is 16.2.